The molecule has 0 unspecified atom stereocenters. The molecule has 0 fully saturated rings. The highest BCUT2D eigenvalue weighted by Gasteiger charge is 2.03. The third kappa shape index (κ3) is 10.9. The number of ether oxygens (including phenoxy) is 1. The van der Waals surface area contributed by atoms with Crippen molar-refractivity contribution < 1.29 is 9.53 Å². The molecule has 0 aliphatic rings. The van der Waals surface area contributed by atoms with E-state index in [0.717, 1.165) is 12.0 Å². The number of nitrogens with one attached hydrogen (secondary N) is 2. The first-order valence-electron chi connectivity index (χ1n) is 7.46. The number of rotatable bonds is 9. The third-order valence-electron chi connectivity index (χ3n) is 2.77. The molecule has 0 radical (unpaired) electrons. The van der Waals surface area contributed by atoms with Crippen LogP contribution in [0, 0.1) is 6.92 Å². The molecule has 0 aliphatic heterocycles. The van der Waals surface area contributed by atoms with Gasteiger partial charge in [-0.25, -0.2) is 4.98 Å². The number of aromatic nitrogens is 1. The van der Waals surface area contributed by atoms with Gasteiger partial charge in [-0.15, -0.1) is 24.0 Å². The molecule has 0 saturated carbocycles. The summed E-state index contributed by atoms with van der Waals surface area (Å²) in [6.45, 7) is 6.33. The van der Waals surface area contributed by atoms with Crippen LogP contribution in [0.15, 0.2) is 23.3 Å². The molecule has 1 aromatic rings. The Morgan fingerprint density at radius 2 is 2.22 bits per heavy atom. The van der Waals surface area contributed by atoms with Crippen molar-refractivity contribution in [2.45, 2.75) is 26.7 Å². The molecule has 8 heteroatoms. The zero-order valence-corrected chi connectivity index (χ0v) is 16.0. The normalized spacial score (nSPS) is 10.8. The van der Waals surface area contributed by atoms with Gasteiger partial charge in [-0.1, -0.05) is 6.07 Å². The van der Waals surface area contributed by atoms with Gasteiger partial charge in [-0.05, 0) is 31.9 Å². The molecular formula is C15H26IN5O2. The van der Waals surface area contributed by atoms with E-state index in [4.69, 9.17) is 10.5 Å². The van der Waals surface area contributed by atoms with Crippen LogP contribution in [0.1, 0.15) is 25.3 Å². The molecule has 0 atom stereocenters. The second kappa shape index (κ2) is 13.1. The average molecular weight is 435 g/mol. The summed E-state index contributed by atoms with van der Waals surface area (Å²) in [6, 6.07) is 3.67. The summed E-state index contributed by atoms with van der Waals surface area (Å²) in [5.74, 6) is 0.777. The van der Waals surface area contributed by atoms with Crippen molar-refractivity contribution in [3.8, 4) is 0 Å². The first-order chi connectivity index (χ1) is 10.6. The number of hydrogen-bond acceptors (Lipinski definition) is 4. The molecule has 0 aromatic carbocycles. The Labute approximate surface area is 154 Å². The number of halogens is 1. The molecule has 1 amide bonds. The summed E-state index contributed by atoms with van der Waals surface area (Å²) < 4.78 is 5.20. The van der Waals surface area contributed by atoms with Crippen LogP contribution in [0.4, 0.5) is 5.82 Å². The number of amides is 1. The highest BCUT2D eigenvalue weighted by molar-refractivity contribution is 14.0. The van der Waals surface area contributed by atoms with Gasteiger partial charge >= 0.3 is 0 Å². The minimum atomic E-state index is -0.118. The molecule has 1 heterocycles. The number of carbonyl (C=O) groups is 1. The van der Waals surface area contributed by atoms with Gasteiger partial charge in [0, 0.05) is 38.9 Å². The largest absolute Gasteiger partial charge is 0.382 e. The van der Waals surface area contributed by atoms with Crippen LogP contribution in [0.2, 0.25) is 0 Å². The summed E-state index contributed by atoms with van der Waals surface area (Å²) in [4.78, 5) is 20.0. The summed E-state index contributed by atoms with van der Waals surface area (Å²) in [5.41, 5.74) is 6.75. The number of aliphatic imine (C=N–C) groups is 1. The van der Waals surface area contributed by atoms with Crippen molar-refractivity contribution >= 4 is 41.7 Å². The minimum absolute atomic E-state index is 0. The van der Waals surface area contributed by atoms with Crippen LogP contribution in [0.5, 0.6) is 0 Å². The van der Waals surface area contributed by atoms with Crippen molar-refractivity contribution in [1.29, 1.82) is 0 Å². The fourth-order valence-electron chi connectivity index (χ4n) is 1.62. The Kier molecular flexibility index (Phi) is 12.3. The maximum atomic E-state index is 11.7. The maximum absolute atomic E-state index is 11.7. The van der Waals surface area contributed by atoms with Crippen molar-refractivity contribution in [1.82, 2.24) is 10.3 Å². The van der Waals surface area contributed by atoms with Crippen molar-refractivity contribution in [3.05, 3.63) is 23.9 Å². The lowest BCUT2D eigenvalue weighted by atomic mass is 10.3. The molecule has 23 heavy (non-hydrogen) atoms. The van der Waals surface area contributed by atoms with Crippen molar-refractivity contribution in [3.63, 3.8) is 0 Å². The van der Waals surface area contributed by atoms with Crippen LogP contribution >= 0.6 is 24.0 Å². The second-order valence-corrected chi connectivity index (χ2v) is 4.76. The van der Waals surface area contributed by atoms with E-state index in [-0.39, 0.29) is 29.9 Å². The number of nitrogens with zero attached hydrogens (tertiary/aromatic N) is 2. The Bertz CT molecular complexity index is 479. The number of nitrogens with two attached hydrogens (primary N) is 1. The van der Waals surface area contributed by atoms with Crippen LogP contribution in [0.25, 0.3) is 0 Å². The molecule has 1 aromatic heterocycles. The predicted molar refractivity (Wildman–Crippen MR) is 103 cm³/mol. The number of aryl methyl sites for hydroxylation is 1. The average Bonchev–Trinajstić information content (AvgIpc) is 2.49. The molecule has 0 aliphatic carbocycles. The lowest BCUT2D eigenvalue weighted by Gasteiger charge is -2.07. The van der Waals surface area contributed by atoms with Crippen LogP contribution in [-0.4, -0.2) is 43.2 Å². The van der Waals surface area contributed by atoms with E-state index in [1.807, 2.05) is 19.9 Å². The van der Waals surface area contributed by atoms with Gasteiger partial charge in [0.25, 0.3) is 0 Å². The van der Waals surface area contributed by atoms with Crippen molar-refractivity contribution in [2.24, 2.45) is 10.7 Å². The molecule has 7 nitrogen and oxygen atoms in total. The highest BCUT2D eigenvalue weighted by Crippen LogP contribution is 2.03. The maximum Gasteiger partial charge on any atom is 0.227 e. The van der Waals surface area contributed by atoms with E-state index in [9.17, 15) is 4.79 Å². The Hall–Kier alpha value is -1.42. The number of carbonyl (C=O) groups excluding carboxylic acids is 1. The van der Waals surface area contributed by atoms with E-state index in [2.05, 4.69) is 20.6 Å². The molecule has 130 valence electrons. The van der Waals surface area contributed by atoms with E-state index < -0.39 is 0 Å². The van der Waals surface area contributed by atoms with Crippen LogP contribution < -0.4 is 16.4 Å². The molecule has 0 spiro atoms. The van der Waals surface area contributed by atoms with Gasteiger partial charge in [0.05, 0.1) is 0 Å². The van der Waals surface area contributed by atoms with Crippen LogP contribution in [0.3, 0.4) is 0 Å². The number of anilines is 1. The molecule has 4 N–H and O–H groups in total. The van der Waals surface area contributed by atoms with Gasteiger partial charge in [0.2, 0.25) is 5.91 Å². The summed E-state index contributed by atoms with van der Waals surface area (Å²) in [6.07, 6.45) is 2.83. The van der Waals surface area contributed by atoms with E-state index in [0.29, 0.717) is 44.5 Å². The standard InChI is InChI=1S/C15H25N5O2.HI/c1-3-22-10-4-8-17-15(16)18-9-7-14(21)20-13-6-5-12(2)11-19-13;/h5-6,11H,3-4,7-10H2,1-2H3,(H3,16,17,18)(H,19,20,21);1H. The molecule has 0 saturated heterocycles. The first-order valence-corrected chi connectivity index (χ1v) is 7.46. The fourth-order valence-corrected chi connectivity index (χ4v) is 1.62. The molecule has 1 rings (SSSR count). The number of hydrogen-bond donors (Lipinski definition) is 3. The zero-order chi connectivity index (χ0) is 16.2. The highest BCUT2D eigenvalue weighted by atomic mass is 127. The topological polar surface area (TPSA) is 102 Å². The predicted octanol–water partition coefficient (Wildman–Crippen LogP) is 1.67. The zero-order valence-electron chi connectivity index (χ0n) is 13.7. The Morgan fingerprint density at radius 1 is 1.43 bits per heavy atom. The first kappa shape index (κ1) is 21.6. The lowest BCUT2D eigenvalue weighted by Crippen LogP contribution is -2.34. The second-order valence-electron chi connectivity index (χ2n) is 4.76. The lowest BCUT2D eigenvalue weighted by molar-refractivity contribution is -0.116. The van der Waals surface area contributed by atoms with E-state index in [1.54, 1.807) is 12.3 Å². The Balaban J connectivity index is 0.00000484. The van der Waals surface area contributed by atoms with E-state index in [1.165, 1.54) is 0 Å². The number of guanidine groups is 1. The van der Waals surface area contributed by atoms with E-state index >= 15 is 0 Å². The Morgan fingerprint density at radius 3 is 2.87 bits per heavy atom. The van der Waals surface area contributed by atoms with Crippen LogP contribution in [-0.2, 0) is 9.53 Å². The fraction of sp³-hybridized carbons (Fsp3) is 0.533. The molecule has 0 bridgehead atoms. The minimum Gasteiger partial charge on any atom is -0.382 e. The van der Waals surface area contributed by atoms with Gasteiger partial charge in [-0.3, -0.25) is 9.79 Å². The third-order valence-corrected chi connectivity index (χ3v) is 2.77. The summed E-state index contributed by atoms with van der Waals surface area (Å²) in [5, 5.41) is 5.63. The summed E-state index contributed by atoms with van der Waals surface area (Å²) in [7, 11) is 0. The SMILES string of the molecule is CCOCCCN=C(N)NCCC(=O)Nc1ccc(C)cn1.I. The smallest absolute Gasteiger partial charge is 0.227 e. The molecular weight excluding hydrogens is 409 g/mol. The van der Waals surface area contributed by atoms with Crippen molar-refractivity contribution in [2.75, 3.05) is 31.6 Å². The van der Waals surface area contributed by atoms with Gasteiger partial charge in [-0.2, -0.15) is 0 Å². The van der Waals surface area contributed by atoms with Gasteiger partial charge < -0.3 is 21.1 Å². The van der Waals surface area contributed by atoms with Gasteiger partial charge in [0.15, 0.2) is 5.96 Å². The van der Waals surface area contributed by atoms with Gasteiger partial charge in [0.1, 0.15) is 5.82 Å². The number of pyridine rings is 1. The monoisotopic (exact) mass is 435 g/mol. The quantitative estimate of drug-likeness (QED) is 0.237. The summed E-state index contributed by atoms with van der Waals surface area (Å²) >= 11 is 0.